The first-order chi connectivity index (χ1) is 15.8. The van der Waals surface area contributed by atoms with Crippen LogP contribution < -0.4 is 27.2 Å². The van der Waals surface area contributed by atoms with Crippen LogP contribution in [0.3, 0.4) is 0 Å². The van der Waals surface area contributed by atoms with Crippen LogP contribution in [0.2, 0.25) is 0 Å². The molecule has 3 rings (SSSR count). The highest BCUT2D eigenvalue weighted by Crippen LogP contribution is 2.29. The summed E-state index contributed by atoms with van der Waals surface area (Å²) in [5, 5.41) is 8.71. The molecule has 0 atom stereocenters. The predicted molar refractivity (Wildman–Crippen MR) is 123 cm³/mol. The van der Waals surface area contributed by atoms with E-state index < -0.39 is 11.6 Å². The number of aromatic nitrogens is 3. The van der Waals surface area contributed by atoms with Gasteiger partial charge in [0, 0.05) is 36.6 Å². The van der Waals surface area contributed by atoms with Gasteiger partial charge in [-0.3, -0.25) is 9.69 Å². The Bertz CT molecular complexity index is 1150. The molecule has 0 spiro atoms. The molecule has 3 aromatic rings. The van der Waals surface area contributed by atoms with E-state index in [2.05, 4.69) is 15.2 Å². The standard InChI is InChI=1S/C21H27F2N9O/c1-4-31-12-14(11-28-31)13-9-15(20(24)27-10-13)21(29-25)32(26)16-5-6-17(19(23)18(16)22)33-8-7-30(2)3/h5-6,9-12H,4,7-8,25-26H2,1-3H3,(H2,24,27)/b29-21-. The molecule has 12 heteroatoms. The second-order valence-corrected chi connectivity index (χ2v) is 7.43. The number of nitrogens with zero attached hydrogens (tertiary/aromatic N) is 6. The Balaban J connectivity index is 1.92. The van der Waals surface area contributed by atoms with Crippen molar-refractivity contribution in [2.75, 3.05) is 38.0 Å². The molecule has 0 aliphatic carbocycles. The Morgan fingerprint density at radius 2 is 1.94 bits per heavy atom. The van der Waals surface area contributed by atoms with Crippen LogP contribution in [0.1, 0.15) is 12.5 Å². The summed E-state index contributed by atoms with van der Waals surface area (Å²) in [4.78, 5) is 6.02. The van der Waals surface area contributed by atoms with Crippen LogP contribution in [0, 0.1) is 11.6 Å². The third-order valence-electron chi connectivity index (χ3n) is 4.88. The summed E-state index contributed by atoms with van der Waals surface area (Å²) in [5.74, 6) is 8.99. The van der Waals surface area contributed by atoms with Crippen molar-refractivity contribution in [2.45, 2.75) is 13.5 Å². The highest BCUT2D eigenvalue weighted by molar-refractivity contribution is 6.12. The summed E-state index contributed by atoms with van der Waals surface area (Å²) in [6.45, 7) is 3.38. The zero-order valence-electron chi connectivity index (χ0n) is 18.7. The van der Waals surface area contributed by atoms with Gasteiger partial charge in [0.2, 0.25) is 5.82 Å². The van der Waals surface area contributed by atoms with E-state index in [9.17, 15) is 8.78 Å². The first-order valence-electron chi connectivity index (χ1n) is 10.1. The zero-order chi connectivity index (χ0) is 24.1. The lowest BCUT2D eigenvalue weighted by Gasteiger charge is -2.22. The van der Waals surface area contributed by atoms with Crippen molar-refractivity contribution in [2.24, 2.45) is 16.8 Å². The molecular formula is C21H27F2N9O. The summed E-state index contributed by atoms with van der Waals surface area (Å²) < 4.78 is 36.5. The maximum absolute atomic E-state index is 14.9. The first-order valence-corrected chi connectivity index (χ1v) is 10.1. The Hall–Kier alpha value is -3.77. The van der Waals surface area contributed by atoms with Gasteiger partial charge in [-0.25, -0.2) is 15.2 Å². The van der Waals surface area contributed by atoms with E-state index in [-0.39, 0.29) is 35.3 Å². The minimum Gasteiger partial charge on any atom is -0.489 e. The Morgan fingerprint density at radius 3 is 2.58 bits per heavy atom. The molecule has 0 fully saturated rings. The fraction of sp³-hybridized carbons (Fsp3) is 0.286. The molecule has 2 heterocycles. The first kappa shape index (κ1) is 23.9. The SMILES string of the molecule is CCn1cc(-c2cnc(N)c(/C(=N/N)N(N)c3ccc(OCCN(C)C)c(F)c3F)c2)cn1. The van der Waals surface area contributed by atoms with Crippen LogP contribution >= 0.6 is 0 Å². The summed E-state index contributed by atoms with van der Waals surface area (Å²) in [5.41, 5.74) is 7.41. The van der Waals surface area contributed by atoms with Crippen molar-refractivity contribution in [3.05, 3.63) is 54.0 Å². The van der Waals surface area contributed by atoms with Crippen LogP contribution in [-0.2, 0) is 6.54 Å². The molecule has 10 nitrogen and oxygen atoms in total. The molecule has 6 N–H and O–H groups in total. The number of pyridine rings is 1. The molecular weight excluding hydrogens is 432 g/mol. The zero-order valence-corrected chi connectivity index (χ0v) is 18.7. The van der Waals surface area contributed by atoms with Crippen LogP contribution in [0.4, 0.5) is 20.3 Å². The summed E-state index contributed by atoms with van der Waals surface area (Å²) in [7, 11) is 3.68. The van der Waals surface area contributed by atoms with E-state index in [4.69, 9.17) is 22.2 Å². The molecule has 1 aromatic carbocycles. The Morgan fingerprint density at radius 1 is 1.18 bits per heavy atom. The number of nitrogen functional groups attached to an aromatic ring is 1. The van der Waals surface area contributed by atoms with Gasteiger partial charge in [-0.15, -0.1) is 0 Å². The number of halogens is 2. The van der Waals surface area contributed by atoms with Crippen molar-refractivity contribution in [1.29, 1.82) is 0 Å². The van der Waals surface area contributed by atoms with Crippen molar-refractivity contribution < 1.29 is 13.5 Å². The number of aryl methyl sites for hydroxylation is 1. The summed E-state index contributed by atoms with van der Waals surface area (Å²) in [6, 6.07) is 4.21. The van der Waals surface area contributed by atoms with Gasteiger partial charge >= 0.3 is 0 Å². The highest BCUT2D eigenvalue weighted by Gasteiger charge is 2.23. The molecule has 0 radical (unpaired) electrons. The van der Waals surface area contributed by atoms with E-state index in [0.717, 1.165) is 10.6 Å². The maximum Gasteiger partial charge on any atom is 0.202 e. The van der Waals surface area contributed by atoms with Crippen LogP contribution in [0.5, 0.6) is 5.75 Å². The number of hydrogen-bond donors (Lipinski definition) is 3. The molecule has 0 aliphatic rings. The van der Waals surface area contributed by atoms with Crippen molar-refractivity contribution in [1.82, 2.24) is 19.7 Å². The number of hydrogen-bond acceptors (Lipinski definition) is 8. The molecule has 33 heavy (non-hydrogen) atoms. The number of hydrazone groups is 1. The smallest absolute Gasteiger partial charge is 0.202 e. The average Bonchev–Trinajstić information content (AvgIpc) is 3.27. The minimum atomic E-state index is -1.21. The van der Waals surface area contributed by atoms with Gasteiger partial charge in [0.25, 0.3) is 0 Å². The molecule has 0 amide bonds. The van der Waals surface area contributed by atoms with Crippen molar-refractivity contribution in [3.63, 3.8) is 0 Å². The van der Waals surface area contributed by atoms with Crippen LogP contribution in [0.15, 0.2) is 41.9 Å². The average molecular weight is 460 g/mol. The normalized spacial score (nSPS) is 11.8. The second-order valence-electron chi connectivity index (χ2n) is 7.43. The molecule has 0 saturated heterocycles. The van der Waals surface area contributed by atoms with Gasteiger partial charge in [-0.2, -0.15) is 14.6 Å². The number of hydrazine groups is 1. The number of nitrogens with two attached hydrogens (primary N) is 3. The van der Waals surface area contributed by atoms with E-state index >= 15 is 0 Å². The van der Waals surface area contributed by atoms with Crippen molar-refractivity contribution in [3.8, 4) is 16.9 Å². The predicted octanol–water partition coefficient (Wildman–Crippen LogP) is 1.77. The van der Waals surface area contributed by atoms with E-state index in [1.54, 1.807) is 23.1 Å². The molecule has 0 unspecified atom stereocenters. The highest BCUT2D eigenvalue weighted by atomic mass is 19.2. The third kappa shape index (κ3) is 5.18. The number of anilines is 2. The molecule has 2 aromatic heterocycles. The summed E-state index contributed by atoms with van der Waals surface area (Å²) in [6.07, 6.45) is 5.06. The third-order valence-corrected chi connectivity index (χ3v) is 4.88. The van der Waals surface area contributed by atoms with Gasteiger partial charge in [-0.05, 0) is 39.2 Å². The fourth-order valence-corrected chi connectivity index (χ4v) is 3.03. The minimum absolute atomic E-state index is 0.0609. The monoisotopic (exact) mass is 459 g/mol. The molecule has 0 aliphatic heterocycles. The lowest BCUT2D eigenvalue weighted by Crippen LogP contribution is -2.40. The van der Waals surface area contributed by atoms with E-state index in [0.29, 0.717) is 18.7 Å². The molecule has 176 valence electrons. The lowest BCUT2D eigenvalue weighted by atomic mass is 10.1. The van der Waals surface area contributed by atoms with Crippen LogP contribution in [0.25, 0.3) is 11.1 Å². The van der Waals surface area contributed by atoms with Crippen molar-refractivity contribution >= 4 is 17.3 Å². The fourth-order valence-electron chi connectivity index (χ4n) is 3.03. The van der Waals surface area contributed by atoms with Gasteiger partial charge in [0.1, 0.15) is 12.4 Å². The van der Waals surface area contributed by atoms with E-state index in [1.165, 1.54) is 12.1 Å². The number of likely N-dealkylation sites (N-methyl/N-ethyl adjacent to an activating group) is 1. The lowest BCUT2D eigenvalue weighted by molar-refractivity contribution is 0.249. The quantitative estimate of drug-likeness (QED) is 0.201. The molecule has 0 saturated carbocycles. The number of rotatable bonds is 8. The second kappa shape index (κ2) is 10.2. The summed E-state index contributed by atoms with van der Waals surface area (Å²) >= 11 is 0. The Kier molecular flexibility index (Phi) is 7.41. The Labute approximate surface area is 190 Å². The van der Waals surface area contributed by atoms with Gasteiger partial charge in [-0.1, -0.05) is 0 Å². The van der Waals surface area contributed by atoms with Gasteiger partial charge in [0.05, 0.1) is 17.4 Å². The van der Waals surface area contributed by atoms with Crippen LogP contribution in [-0.4, -0.2) is 52.7 Å². The largest absolute Gasteiger partial charge is 0.489 e. The maximum atomic E-state index is 14.9. The number of amidine groups is 1. The number of benzene rings is 1. The van der Waals surface area contributed by atoms with Gasteiger partial charge in [0.15, 0.2) is 17.4 Å². The van der Waals surface area contributed by atoms with Gasteiger partial charge < -0.3 is 21.2 Å². The molecule has 0 bridgehead atoms. The topological polar surface area (TPSA) is 137 Å². The van der Waals surface area contributed by atoms with E-state index in [1.807, 2.05) is 32.1 Å². The number of ether oxygens (including phenoxy) is 1.